The third-order valence-corrected chi connectivity index (χ3v) is 3.19. The number of aromatic nitrogens is 2. The Labute approximate surface area is 133 Å². The lowest BCUT2D eigenvalue weighted by Gasteiger charge is -2.24. The van der Waals surface area contributed by atoms with Gasteiger partial charge >= 0.3 is 6.09 Å². The molecule has 0 saturated heterocycles. The molecule has 1 amide bonds. The molecule has 1 N–H and O–H groups in total. The maximum atomic E-state index is 11.8. The number of rotatable bonds is 7. The van der Waals surface area contributed by atoms with E-state index in [1.165, 1.54) is 5.56 Å². The molecule has 1 rings (SSSR count). The molecule has 1 heterocycles. The number of carbonyl (C=O) groups is 1. The number of nitrogens with one attached hydrogen (secondary N) is 1. The van der Waals surface area contributed by atoms with E-state index in [-0.39, 0.29) is 6.09 Å². The fourth-order valence-corrected chi connectivity index (χ4v) is 2.12. The lowest BCUT2D eigenvalue weighted by atomic mass is 10.2. The van der Waals surface area contributed by atoms with Crippen LogP contribution >= 0.6 is 0 Å². The van der Waals surface area contributed by atoms with Gasteiger partial charge in [0, 0.05) is 38.9 Å². The lowest BCUT2D eigenvalue weighted by molar-refractivity contribution is 0.0297. The van der Waals surface area contributed by atoms with Gasteiger partial charge in [-0.15, -0.1) is 0 Å². The van der Waals surface area contributed by atoms with Gasteiger partial charge in [-0.05, 0) is 40.2 Å². The Hall–Kier alpha value is -1.56. The molecule has 0 saturated carbocycles. The quantitative estimate of drug-likeness (QED) is 0.785. The zero-order valence-corrected chi connectivity index (χ0v) is 14.8. The zero-order valence-electron chi connectivity index (χ0n) is 14.8. The standard InChI is InChI=1S/C16H30N4O2/c1-7-14-13(12-20(6)18-14)11-17-9-8-10-19(5)15(21)22-16(2,3)4/h12,17H,7-11H2,1-6H3. The van der Waals surface area contributed by atoms with Crippen LogP contribution in [0.3, 0.4) is 0 Å². The van der Waals surface area contributed by atoms with Crippen molar-refractivity contribution in [1.82, 2.24) is 20.0 Å². The van der Waals surface area contributed by atoms with Gasteiger partial charge < -0.3 is 15.0 Å². The minimum atomic E-state index is -0.444. The fourth-order valence-electron chi connectivity index (χ4n) is 2.12. The second-order valence-electron chi connectivity index (χ2n) is 6.56. The summed E-state index contributed by atoms with van der Waals surface area (Å²) in [4.78, 5) is 13.4. The lowest BCUT2D eigenvalue weighted by Crippen LogP contribution is -2.35. The molecule has 0 unspecified atom stereocenters. The Bertz CT molecular complexity index is 477. The van der Waals surface area contributed by atoms with Gasteiger partial charge in [0.1, 0.15) is 5.60 Å². The Morgan fingerprint density at radius 2 is 2.14 bits per heavy atom. The predicted molar refractivity (Wildman–Crippen MR) is 87.8 cm³/mol. The van der Waals surface area contributed by atoms with Crippen LogP contribution in [0.1, 0.15) is 45.4 Å². The number of hydrogen-bond donors (Lipinski definition) is 1. The molecule has 0 spiro atoms. The molecule has 6 heteroatoms. The van der Waals surface area contributed by atoms with Gasteiger partial charge in [0.05, 0.1) is 5.69 Å². The van der Waals surface area contributed by atoms with Crippen LogP contribution in [0.25, 0.3) is 0 Å². The first-order valence-corrected chi connectivity index (χ1v) is 7.89. The highest BCUT2D eigenvalue weighted by molar-refractivity contribution is 5.67. The SMILES string of the molecule is CCc1nn(C)cc1CNCCCN(C)C(=O)OC(C)(C)C. The van der Waals surface area contributed by atoms with Crippen molar-refractivity contribution < 1.29 is 9.53 Å². The molecule has 0 aromatic carbocycles. The summed E-state index contributed by atoms with van der Waals surface area (Å²) in [5.41, 5.74) is 1.94. The highest BCUT2D eigenvalue weighted by atomic mass is 16.6. The maximum Gasteiger partial charge on any atom is 0.410 e. The Morgan fingerprint density at radius 1 is 1.45 bits per heavy atom. The van der Waals surface area contributed by atoms with Crippen LogP contribution in [-0.2, 0) is 24.8 Å². The summed E-state index contributed by atoms with van der Waals surface area (Å²) in [6.45, 7) is 10.1. The summed E-state index contributed by atoms with van der Waals surface area (Å²) < 4.78 is 7.17. The second kappa shape index (κ2) is 8.17. The molecule has 0 radical (unpaired) electrons. The Morgan fingerprint density at radius 3 is 2.73 bits per heavy atom. The van der Waals surface area contributed by atoms with Crippen molar-refractivity contribution in [3.63, 3.8) is 0 Å². The number of ether oxygens (including phenoxy) is 1. The van der Waals surface area contributed by atoms with Gasteiger partial charge in [-0.25, -0.2) is 4.79 Å². The summed E-state index contributed by atoms with van der Waals surface area (Å²) >= 11 is 0. The van der Waals surface area contributed by atoms with E-state index in [9.17, 15) is 4.79 Å². The number of nitrogens with zero attached hydrogens (tertiary/aromatic N) is 3. The molecular weight excluding hydrogens is 280 g/mol. The van der Waals surface area contributed by atoms with Crippen molar-refractivity contribution >= 4 is 6.09 Å². The number of amides is 1. The van der Waals surface area contributed by atoms with Gasteiger partial charge in [-0.2, -0.15) is 5.10 Å². The number of aryl methyl sites for hydroxylation is 2. The molecule has 1 aromatic rings. The smallest absolute Gasteiger partial charge is 0.410 e. The van der Waals surface area contributed by atoms with Gasteiger partial charge in [0.2, 0.25) is 0 Å². The van der Waals surface area contributed by atoms with Gasteiger partial charge in [-0.3, -0.25) is 4.68 Å². The van der Waals surface area contributed by atoms with Crippen molar-refractivity contribution in [2.24, 2.45) is 7.05 Å². The summed E-state index contributed by atoms with van der Waals surface area (Å²) in [6.07, 6.45) is 3.61. The Balaban J connectivity index is 2.23. The van der Waals surface area contributed by atoms with Crippen LogP contribution in [-0.4, -0.2) is 46.5 Å². The normalized spacial score (nSPS) is 11.5. The van der Waals surface area contributed by atoms with Crippen LogP contribution in [0.2, 0.25) is 0 Å². The van der Waals surface area contributed by atoms with E-state index >= 15 is 0 Å². The van der Waals surface area contributed by atoms with Crippen molar-refractivity contribution in [1.29, 1.82) is 0 Å². The van der Waals surface area contributed by atoms with Gasteiger partial charge in [-0.1, -0.05) is 6.92 Å². The summed E-state index contributed by atoms with van der Waals surface area (Å²) in [5.74, 6) is 0. The summed E-state index contributed by atoms with van der Waals surface area (Å²) in [6, 6.07) is 0. The topological polar surface area (TPSA) is 59.4 Å². The zero-order chi connectivity index (χ0) is 16.8. The van der Waals surface area contributed by atoms with E-state index in [1.807, 2.05) is 32.5 Å². The molecule has 0 atom stereocenters. The van der Waals surface area contributed by atoms with Crippen LogP contribution in [0, 0.1) is 0 Å². The monoisotopic (exact) mass is 310 g/mol. The molecule has 0 aliphatic rings. The highest BCUT2D eigenvalue weighted by Gasteiger charge is 2.19. The van der Waals surface area contributed by atoms with E-state index in [2.05, 4.69) is 23.5 Å². The van der Waals surface area contributed by atoms with Crippen molar-refractivity contribution in [3.05, 3.63) is 17.5 Å². The molecular formula is C16H30N4O2. The number of hydrogen-bond acceptors (Lipinski definition) is 4. The average Bonchev–Trinajstić information content (AvgIpc) is 2.76. The Kier molecular flexibility index (Phi) is 6.87. The first-order chi connectivity index (χ1) is 10.2. The first-order valence-electron chi connectivity index (χ1n) is 7.89. The molecule has 0 bridgehead atoms. The molecule has 126 valence electrons. The van der Waals surface area contributed by atoms with Crippen molar-refractivity contribution in [2.75, 3.05) is 20.1 Å². The van der Waals surface area contributed by atoms with Crippen LogP contribution in [0.5, 0.6) is 0 Å². The van der Waals surface area contributed by atoms with E-state index < -0.39 is 5.60 Å². The van der Waals surface area contributed by atoms with E-state index in [1.54, 1.807) is 11.9 Å². The van der Waals surface area contributed by atoms with E-state index in [0.717, 1.165) is 31.6 Å². The molecule has 0 fully saturated rings. The fraction of sp³-hybridized carbons (Fsp3) is 0.750. The molecule has 0 aliphatic heterocycles. The predicted octanol–water partition coefficient (Wildman–Crippen LogP) is 2.33. The molecule has 22 heavy (non-hydrogen) atoms. The van der Waals surface area contributed by atoms with Crippen LogP contribution in [0.15, 0.2) is 6.20 Å². The van der Waals surface area contributed by atoms with Gasteiger partial charge in [0.25, 0.3) is 0 Å². The van der Waals surface area contributed by atoms with Crippen molar-refractivity contribution in [3.8, 4) is 0 Å². The minimum Gasteiger partial charge on any atom is -0.444 e. The molecule has 0 aliphatic carbocycles. The largest absolute Gasteiger partial charge is 0.444 e. The number of carbonyl (C=O) groups excluding carboxylic acids is 1. The van der Waals surface area contributed by atoms with Gasteiger partial charge in [0.15, 0.2) is 0 Å². The van der Waals surface area contributed by atoms with Crippen LogP contribution < -0.4 is 5.32 Å². The summed E-state index contributed by atoms with van der Waals surface area (Å²) in [5, 5.41) is 7.82. The summed E-state index contributed by atoms with van der Waals surface area (Å²) in [7, 11) is 3.71. The molecule has 6 nitrogen and oxygen atoms in total. The van der Waals surface area contributed by atoms with E-state index in [4.69, 9.17) is 4.74 Å². The highest BCUT2D eigenvalue weighted by Crippen LogP contribution is 2.09. The maximum absolute atomic E-state index is 11.8. The van der Waals surface area contributed by atoms with E-state index in [0.29, 0.717) is 6.54 Å². The van der Waals surface area contributed by atoms with Crippen LogP contribution in [0.4, 0.5) is 4.79 Å². The third-order valence-electron chi connectivity index (χ3n) is 3.19. The average molecular weight is 310 g/mol. The van der Waals surface area contributed by atoms with Crippen molar-refractivity contribution in [2.45, 2.75) is 52.7 Å². The minimum absolute atomic E-state index is 0.270. The molecule has 1 aromatic heterocycles. The second-order valence-corrected chi connectivity index (χ2v) is 6.56. The first kappa shape index (κ1) is 18.5. The third kappa shape index (κ3) is 6.47.